The van der Waals surface area contributed by atoms with Crippen molar-refractivity contribution in [2.75, 3.05) is 13.2 Å². The molecule has 4 nitrogen and oxygen atoms in total. The number of nitrogens with zero attached hydrogens (tertiary/aromatic N) is 1. The smallest absolute Gasteiger partial charge is 0.302 e. The first-order valence-electron chi connectivity index (χ1n) is 7.41. The lowest BCUT2D eigenvalue weighted by Gasteiger charge is -2.47. The van der Waals surface area contributed by atoms with Crippen LogP contribution < -0.4 is 0 Å². The molecule has 0 aromatic carbocycles. The Morgan fingerprint density at radius 3 is 3.14 bits per heavy atom. The number of ether oxygens (including phenoxy) is 2. The van der Waals surface area contributed by atoms with Crippen LogP contribution in [0.4, 0.5) is 0 Å². The van der Waals surface area contributed by atoms with Gasteiger partial charge in [0.1, 0.15) is 0 Å². The first-order chi connectivity index (χ1) is 10.1. The van der Waals surface area contributed by atoms with Gasteiger partial charge in [-0.15, -0.1) is 0 Å². The van der Waals surface area contributed by atoms with E-state index in [1.54, 1.807) is 6.20 Å². The van der Waals surface area contributed by atoms with Gasteiger partial charge in [0.25, 0.3) is 0 Å². The summed E-state index contributed by atoms with van der Waals surface area (Å²) >= 11 is 0. The predicted molar refractivity (Wildman–Crippen MR) is 78.5 cm³/mol. The lowest BCUT2D eigenvalue weighted by atomic mass is 9.67. The molecular weight excluding hydrogens is 266 g/mol. The van der Waals surface area contributed by atoms with Crippen LogP contribution in [0.1, 0.15) is 38.4 Å². The average molecular weight is 287 g/mol. The number of hydrogen-bond donors (Lipinski definition) is 0. The van der Waals surface area contributed by atoms with Gasteiger partial charge in [0.05, 0.1) is 19.3 Å². The highest BCUT2D eigenvalue weighted by molar-refractivity contribution is 5.65. The summed E-state index contributed by atoms with van der Waals surface area (Å²) in [6, 6.07) is 4.01. The van der Waals surface area contributed by atoms with Gasteiger partial charge < -0.3 is 9.47 Å². The minimum absolute atomic E-state index is 0.0562. The maximum absolute atomic E-state index is 11.1. The van der Waals surface area contributed by atoms with Crippen LogP contribution in [-0.2, 0) is 14.3 Å². The van der Waals surface area contributed by atoms with E-state index in [-0.39, 0.29) is 17.5 Å². The molecule has 1 unspecified atom stereocenters. The second-order valence-electron chi connectivity index (χ2n) is 6.26. The molecule has 21 heavy (non-hydrogen) atoms. The number of esters is 1. The van der Waals surface area contributed by atoms with Crippen molar-refractivity contribution in [2.45, 2.75) is 32.8 Å². The van der Waals surface area contributed by atoms with Gasteiger partial charge in [-0.1, -0.05) is 17.7 Å². The number of carbonyl (C=O) groups excluding carboxylic acids is 1. The van der Waals surface area contributed by atoms with Crippen LogP contribution in [0.15, 0.2) is 36.2 Å². The number of fused-ring (bicyclic) bond motifs is 2. The quantitative estimate of drug-likeness (QED) is 0.633. The van der Waals surface area contributed by atoms with Gasteiger partial charge in [-0.3, -0.25) is 9.78 Å². The van der Waals surface area contributed by atoms with Gasteiger partial charge >= 0.3 is 5.97 Å². The van der Waals surface area contributed by atoms with E-state index in [2.05, 4.69) is 24.1 Å². The maximum Gasteiger partial charge on any atom is 0.302 e. The number of hydrogen-bond acceptors (Lipinski definition) is 4. The van der Waals surface area contributed by atoms with Crippen LogP contribution in [0.2, 0.25) is 0 Å². The van der Waals surface area contributed by atoms with Gasteiger partial charge in [0, 0.05) is 30.7 Å². The summed E-state index contributed by atoms with van der Waals surface area (Å²) in [5.74, 6) is 0.119. The van der Waals surface area contributed by atoms with E-state index in [9.17, 15) is 4.79 Å². The van der Waals surface area contributed by atoms with Crippen LogP contribution in [0.25, 0.3) is 0 Å². The van der Waals surface area contributed by atoms with Crippen molar-refractivity contribution in [1.82, 2.24) is 4.98 Å². The first-order valence-corrected chi connectivity index (χ1v) is 7.41. The zero-order valence-electron chi connectivity index (χ0n) is 12.5. The molecule has 2 aliphatic rings. The molecule has 0 saturated carbocycles. The zero-order valence-corrected chi connectivity index (χ0v) is 12.5. The third kappa shape index (κ3) is 2.86. The molecule has 1 aliphatic carbocycles. The minimum Gasteiger partial charge on any atom is -0.465 e. The van der Waals surface area contributed by atoms with Crippen molar-refractivity contribution in [1.29, 1.82) is 0 Å². The molecule has 4 heteroatoms. The van der Waals surface area contributed by atoms with Crippen LogP contribution in [0.3, 0.4) is 0 Å². The lowest BCUT2D eigenvalue weighted by Crippen LogP contribution is -2.44. The van der Waals surface area contributed by atoms with Crippen LogP contribution in [0, 0.1) is 11.3 Å². The molecule has 0 spiro atoms. The van der Waals surface area contributed by atoms with E-state index in [0.717, 1.165) is 18.4 Å². The van der Waals surface area contributed by atoms with Gasteiger partial charge in [-0.05, 0) is 31.4 Å². The number of pyridine rings is 1. The van der Waals surface area contributed by atoms with Gasteiger partial charge in [0.15, 0.2) is 0 Å². The molecule has 0 amide bonds. The van der Waals surface area contributed by atoms with Gasteiger partial charge in [0.2, 0.25) is 0 Å². The highest BCUT2D eigenvalue weighted by Gasteiger charge is 2.45. The van der Waals surface area contributed by atoms with Crippen molar-refractivity contribution in [3.63, 3.8) is 0 Å². The lowest BCUT2D eigenvalue weighted by molar-refractivity contribution is -0.156. The van der Waals surface area contributed by atoms with Crippen molar-refractivity contribution >= 4 is 5.97 Å². The van der Waals surface area contributed by atoms with E-state index in [4.69, 9.17) is 9.47 Å². The Balaban J connectivity index is 1.81. The van der Waals surface area contributed by atoms with Crippen molar-refractivity contribution in [3.05, 3.63) is 41.7 Å². The topological polar surface area (TPSA) is 48.4 Å². The van der Waals surface area contributed by atoms with Gasteiger partial charge in [-0.25, -0.2) is 0 Å². The molecule has 2 bridgehead atoms. The highest BCUT2D eigenvalue weighted by atomic mass is 16.5. The number of aromatic nitrogens is 1. The Labute approximate surface area is 125 Å². The Morgan fingerprint density at radius 2 is 2.43 bits per heavy atom. The summed E-state index contributed by atoms with van der Waals surface area (Å²) in [6.45, 7) is 4.70. The number of carbonyl (C=O) groups is 1. The molecule has 0 radical (unpaired) electrons. The van der Waals surface area contributed by atoms with Crippen LogP contribution in [-0.4, -0.2) is 24.2 Å². The zero-order chi connectivity index (χ0) is 14.9. The number of allylic oxidation sites excluding steroid dienone is 1. The second kappa shape index (κ2) is 5.60. The maximum atomic E-state index is 11.1. The normalized spacial score (nSPS) is 31.4. The monoisotopic (exact) mass is 287 g/mol. The molecule has 1 aromatic heterocycles. The van der Waals surface area contributed by atoms with Crippen molar-refractivity contribution in [2.24, 2.45) is 11.3 Å². The van der Waals surface area contributed by atoms with Crippen LogP contribution >= 0.6 is 0 Å². The van der Waals surface area contributed by atoms with Crippen LogP contribution in [0.5, 0.6) is 0 Å². The van der Waals surface area contributed by atoms with E-state index in [1.807, 2.05) is 12.3 Å². The number of rotatable bonds is 3. The summed E-state index contributed by atoms with van der Waals surface area (Å²) in [4.78, 5) is 15.3. The van der Waals surface area contributed by atoms with E-state index in [0.29, 0.717) is 19.1 Å². The summed E-state index contributed by atoms with van der Waals surface area (Å²) in [5, 5.41) is 0. The largest absolute Gasteiger partial charge is 0.465 e. The summed E-state index contributed by atoms with van der Waals surface area (Å²) in [5.41, 5.74) is 2.43. The van der Waals surface area contributed by atoms with Crippen molar-refractivity contribution < 1.29 is 14.3 Å². The predicted octanol–water partition coefficient (Wildman–Crippen LogP) is 3.06. The SMILES string of the molecule is CC(=O)OC[C@@]12CC=C(C)[C@H](C1)C(c1cccnc1)OC2. The standard InChI is InChI=1S/C17H21NO3/c1-12-5-6-17(10-20-13(2)19)8-15(12)16(21-11-17)14-4-3-7-18-9-14/h3-5,7,9,15-16H,6,8,10-11H2,1-2H3/t15-,16?,17+/m0/s1. The summed E-state index contributed by atoms with van der Waals surface area (Å²) in [7, 11) is 0. The fraction of sp³-hybridized carbons (Fsp3) is 0.529. The molecule has 0 N–H and O–H groups in total. The molecular formula is C17H21NO3. The van der Waals surface area contributed by atoms with Crippen molar-refractivity contribution in [3.8, 4) is 0 Å². The summed E-state index contributed by atoms with van der Waals surface area (Å²) < 4.78 is 11.4. The molecule has 2 heterocycles. The Morgan fingerprint density at radius 1 is 1.57 bits per heavy atom. The molecule has 3 rings (SSSR count). The summed E-state index contributed by atoms with van der Waals surface area (Å²) in [6.07, 6.45) is 7.92. The minimum atomic E-state index is -0.221. The van der Waals surface area contributed by atoms with E-state index in [1.165, 1.54) is 12.5 Å². The second-order valence-corrected chi connectivity index (χ2v) is 6.26. The molecule has 1 fully saturated rings. The Bertz CT molecular complexity index is 554. The molecule has 1 saturated heterocycles. The third-order valence-corrected chi connectivity index (χ3v) is 4.62. The van der Waals surface area contributed by atoms with E-state index < -0.39 is 0 Å². The fourth-order valence-corrected chi connectivity index (χ4v) is 3.37. The molecule has 1 aliphatic heterocycles. The average Bonchev–Trinajstić information content (AvgIpc) is 2.51. The third-order valence-electron chi connectivity index (χ3n) is 4.62. The first kappa shape index (κ1) is 14.3. The molecule has 112 valence electrons. The highest BCUT2D eigenvalue weighted by Crippen LogP contribution is 2.50. The molecule has 1 aromatic rings. The Hall–Kier alpha value is -1.68. The Kier molecular flexibility index (Phi) is 3.81. The fourth-order valence-electron chi connectivity index (χ4n) is 3.37. The van der Waals surface area contributed by atoms with E-state index >= 15 is 0 Å². The van der Waals surface area contributed by atoms with Gasteiger partial charge in [-0.2, -0.15) is 0 Å². The molecule has 3 atom stereocenters.